The van der Waals surface area contributed by atoms with E-state index in [1.807, 2.05) is 11.0 Å². The minimum atomic E-state index is -0.186. The molecule has 4 heteroatoms. The Balaban J connectivity index is 2.26. The van der Waals surface area contributed by atoms with E-state index in [2.05, 4.69) is 15.9 Å². The minimum Gasteiger partial charge on any atom is -0.378 e. The van der Waals surface area contributed by atoms with E-state index in [-0.39, 0.29) is 5.82 Å². The summed E-state index contributed by atoms with van der Waals surface area (Å²) >= 11 is 3.18. The zero-order chi connectivity index (χ0) is 9.97. The molecule has 1 aromatic rings. The van der Waals surface area contributed by atoms with Crippen LogP contribution in [0.2, 0.25) is 0 Å². The number of halogens is 2. The number of rotatable bonds is 1. The molecule has 0 bridgehead atoms. The maximum absolute atomic E-state index is 13.7. The lowest BCUT2D eigenvalue weighted by Crippen LogP contribution is -2.36. The van der Waals surface area contributed by atoms with Crippen LogP contribution in [0, 0.1) is 5.82 Å². The molecule has 2 rings (SSSR count). The molecule has 1 aliphatic rings. The van der Waals surface area contributed by atoms with Crippen molar-refractivity contribution in [1.82, 2.24) is 0 Å². The van der Waals surface area contributed by atoms with Gasteiger partial charge in [0.1, 0.15) is 0 Å². The number of morpholine rings is 1. The van der Waals surface area contributed by atoms with Gasteiger partial charge in [-0.15, -0.1) is 0 Å². The first-order valence-corrected chi connectivity index (χ1v) is 5.35. The molecule has 14 heavy (non-hydrogen) atoms. The lowest BCUT2D eigenvalue weighted by Gasteiger charge is -2.29. The first-order valence-electron chi connectivity index (χ1n) is 4.56. The van der Waals surface area contributed by atoms with Gasteiger partial charge in [-0.3, -0.25) is 0 Å². The second kappa shape index (κ2) is 4.28. The van der Waals surface area contributed by atoms with Crippen LogP contribution >= 0.6 is 15.9 Å². The predicted octanol–water partition coefficient (Wildman–Crippen LogP) is 2.42. The fraction of sp³-hybridized carbons (Fsp3) is 0.400. The average Bonchev–Trinajstić information content (AvgIpc) is 2.23. The highest BCUT2D eigenvalue weighted by atomic mass is 79.9. The molecule has 0 spiro atoms. The molecule has 0 saturated carbocycles. The van der Waals surface area contributed by atoms with Crippen molar-refractivity contribution in [2.45, 2.75) is 0 Å². The molecule has 0 N–H and O–H groups in total. The largest absolute Gasteiger partial charge is 0.378 e. The van der Waals surface area contributed by atoms with Gasteiger partial charge in [0, 0.05) is 13.1 Å². The summed E-state index contributed by atoms with van der Waals surface area (Å²) in [4.78, 5) is 2.00. The van der Waals surface area contributed by atoms with Gasteiger partial charge < -0.3 is 9.64 Å². The van der Waals surface area contributed by atoms with Gasteiger partial charge in [-0.25, -0.2) is 4.39 Å². The summed E-state index contributed by atoms with van der Waals surface area (Å²) in [5.41, 5.74) is 0.655. The molecule has 1 fully saturated rings. The van der Waals surface area contributed by atoms with Gasteiger partial charge in [-0.05, 0) is 28.1 Å². The van der Waals surface area contributed by atoms with E-state index in [0.29, 0.717) is 23.4 Å². The first kappa shape index (κ1) is 9.93. The molecule has 0 atom stereocenters. The highest BCUT2D eigenvalue weighted by molar-refractivity contribution is 9.10. The Morgan fingerprint density at radius 1 is 1.29 bits per heavy atom. The molecular weight excluding hydrogens is 249 g/mol. The fourth-order valence-electron chi connectivity index (χ4n) is 1.54. The van der Waals surface area contributed by atoms with Crippen molar-refractivity contribution in [2.24, 2.45) is 0 Å². The fourth-order valence-corrected chi connectivity index (χ4v) is 1.90. The van der Waals surface area contributed by atoms with Crippen LogP contribution in [0.4, 0.5) is 10.1 Å². The van der Waals surface area contributed by atoms with Gasteiger partial charge in [0.05, 0.1) is 23.4 Å². The zero-order valence-corrected chi connectivity index (χ0v) is 9.26. The molecule has 2 nitrogen and oxygen atoms in total. The number of anilines is 1. The van der Waals surface area contributed by atoms with Crippen LogP contribution in [0.1, 0.15) is 0 Å². The molecule has 76 valence electrons. The van der Waals surface area contributed by atoms with E-state index in [4.69, 9.17) is 4.74 Å². The van der Waals surface area contributed by atoms with Gasteiger partial charge in [0.2, 0.25) is 0 Å². The molecule has 0 radical (unpaired) electrons. The standard InChI is InChI=1S/C10H11BrFNO/c11-8-2-1-3-9(10(8)12)13-4-6-14-7-5-13/h1-3H,4-7H2. The highest BCUT2D eigenvalue weighted by Gasteiger charge is 2.15. The van der Waals surface area contributed by atoms with Crippen molar-refractivity contribution in [1.29, 1.82) is 0 Å². The molecule has 0 amide bonds. The summed E-state index contributed by atoms with van der Waals surface area (Å²) in [7, 11) is 0. The third-order valence-electron chi connectivity index (χ3n) is 2.28. The highest BCUT2D eigenvalue weighted by Crippen LogP contribution is 2.26. The van der Waals surface area contributed by atoms with Gasteiger partial charge in [-0.2, -0.15) is 0 Å². The number of benzene rings is 1. The first-order chi connectivity index (χ1) is 6.79. The van der Waals surface area contributed by atoms with Crippen LogP contribution in [0.15, 0.2) is 22.7 Å². The molecule has 1 aliphatic heterocycles. The number of hydrogen-bond donors (Lipinski definition) is 0. The van der Waals surface area contributed by atoms with E-state index >= 15 is 0 Å². The summed E-state index contributed by atoms with van der Waals surface area (Å²) in [6.07, 6.45) is 0. The van der Waals surface area contributed by atoms with Crippen LogP contribution in [0.3, 0.4) is 0 Å². The quantitative estimate of drug-likeness (QED) is 0.768. The van der Waals surface area contributed by atoms with Gasteiger partial charge in [0.25, 0.3) is 0 Å². The van der Waals surface area contributed by atoms with E-state index in [1.165, 1.54) is 0 Å². The predicted molar refractivity (Wildman–Crippen MR) is 57.1 cm³/mol. The lowest BCUT2D eigenvalue weighted by atomic mass is 10.2. The molecule has 0 unspecified atom stereocenters. The smallest absolute Gasteiger partial charge is 0.160 e. The Morgan fingerprint density at radius 2 is 2.00 bits per heavy atom. The van der Waals surface area contributed by atoms with E-state index in [0.717, 1.165) is 13.1 Å². The summed E-state index contributed by atoms with van der Waals surface area (Å²) in [6, 6.07) is 5.35. The topological polar surface area (TPSA) is 12.5 Å². The average molecular weight is 260 g/mol. The van der Waals surface area contributed by atoms with E-state index in [9.17, 15) is 4.39 Å². The summed E-state index contributed by atoms with van der Waals surface area (Å²) in [5.74, 6) is -0.186. The number of ether oxygens (including phenoxy) is 1. The molecule has 0 aliphatic carbocycles. The van der Waals surface area contributed by atoms with Crippen LogP contribution in [0.5, 0.6) is 0 Å². The van der Waals surface area contributed by atoms with Crippen LogP contribution in [-0.4, -0.2) is 26.3 Å². The van der Waals surface area contributed by atoms with Crippen molar-refractivity contribution >= 4 is 21.6 Å². The van der Waals surface area contributed by atoms with E-state index in [1.54, 1.807) is 12.1 Å². The third kappa shape index (κ3) is 1.91. The Labute approximate surface area is 90.8 Å². The second-order valence-corrected chi connectivity index (χ2v) is 4.03. The molecule has 1 saturated heterocycles. The molecule has 1 heterocycles. The minimum absolute atomic E-state index is 0.186. The molecule has 1 aromatic carbocycles. The van der Waals surface area contributed by atoms with Crippen molar-refractivity contribution < 1.29 is 9.13 Å². The Morgan fingerprint density at radius 3 is 2.71 bits per heavy atom. The Hall–Kier alpha value is -0.610. The van der Waals surface area contributed by atoms with Crippen LogP contribution in [-0.2, 0) is 4.74 Å². The van der Waals surface area contributed by atoms with E-state index < -0.39 is 0 Å². The lowest BCUT2D eigenvalue weighted by molar-refractivity contribution is 0.122. The van der Waals surface area contributed by atoms with Crippen LogP contribution < -0.4 is 4.90 Å². The SMILES string of the molecule is Fc1c(Br)cccc1N1CCOCC1. The van der Waals surface area contributed by atoms with Crippen molar-refractivity contribution in [3.8, 4) is 0 Å². The zero-order valence-electron chi connectivity index (χ0n) is 7.67. The second-order valence-electron chi connectivity index (χ2n) is 3.17. The Kier molecular flexibility index (Phi) is 3.03. The van der Waals surface area contributed by atoms with Crippen molar-refractivity contribution in [3.63, 3.8) is 0 Å². The summed E-state index contributed by atoms with van der Waals surface area (Å²) < 4.78 is 19.4. The normalized spacial score (nSPS) is 17.1. The summed E-state index contributed by atoms with van der Waals surface area (Å²) in [6.45, 7) is 2.86. The monoisotopic (exact) mass is 259 g/mol. The molecular formula is C10H11BrFNO. The van der Waals surface area contributed by atoms with Gasteiger partial charge in [0.15, 0.2) is 5.82 Å². The third-order valence-corrected chi connectivity index (χ3v) is 2.90. The van der Waals surface area contributed by atoms with Crippen molar-refractivity contribution in [2.75, 3.05) is 31.2 Å². The number of nitrogens with zero attached hydrogens (tertiary/aromatic N) is 1. The maximum Gasteiger partial charge on any atom is 0.160 e. The Bertz CT molecular complexity index is 326. The van der Waals surface area contributed by atoms with Crippen molar-refractivity contribution in [3.05, 3.63) is 28.5 Å². The van der Waals surface area contributed by atoms with Gasteiger partial charge >= 0.3 is 0 Å². The van der Waals surface area contributed by atoms with Crippen LogP contribution in [0.25, 0.3) is 0 Å². The maximum atomic E-state index is 13.7. The summed E-state index contributed by atoms with van der Waals surface area (Å²) in [5, 5.41) is 0. The molecule has 0 aromatic heterocycles. The number of hydrogen-bond acceptors (Lipinski definition) is 2. The van der Waals surface area contributed by atoms with Gasteiger partial charge in [-0.1, -0.05) is 6.07 Å².